The molecule has 5 nitrogen and oxygen atoms in total. The van der Waals surface area contributed by atoms with Crippen LogP contribution < -0.4 is 15.9 Å². The average Bonchev–Trinajstić information content (AvgIpc) is 3.77. The van der Waals surface area contributed by atoms with Crippen LogP contribution in [0.5, 0.6) is 0 Å². The van der Waals surface area contributed by atoms with E-state index in [0.29, 0.717) is 17.1 Å². The number of carbonyl (C=O) groups excluding carboxylic acids is 2. The third-order valence-corrected chi connectivity index (χ3v) is 8.97. The molecule has 3 aromatic rings. The van der Waals surface area contributed by atoms with Gasteiger partial charge in [-0.1, -0.05) is 91.0 Å². The summed E-state index contributed by atoms with van der Waals surface area (Å²) in [5.41, 5.74) is 1.89. The van der Waals surface area contributed by atoms with Gasteiger partial charge in [0, 0.05) is 64.8 Å². The number of benzene rings is 3. The van der Waals surface area contributed by atoms with Gasteiger partial charge in [0.15, 0.2) is 0 Å². The van der Waals surface area contributed by atoms with E-state index in [9.17, 15) is 9.59 Å². The molecular formula is C30H28N3O2PRh. The number of allylic oxidation sites excluding steroid dienone is 1. The summed E-state index contributed by atoms with van der Waals surface area (Å²) in [7, 11) is -0.446. The van der Waals surface area contributed by atoms with E-state index in [1.807, 2.05) is 14.7 Å². The van der Waals surface area contributed by atoms with Crippen LogP contribution in [-0.4, -0.2) is 65.5 Å². The fourth-order valence-corrected chi connectivity index (χ4v) is 6.76. The zero-order valence-corrected chi connectivity index (χ0v) is 23.0. The first-order valence-corrected chi connectivity index (χ1v) is 13.8. The minimum absolute atomic E-state index is 0. The monoisotopic (exact) mass is 596 g/mol. The van der Waals surface area contributed by atoms with E-state index in [0.717, 1.165) is 39.3 Å². The Morgan fingerprint density at radius 1 is 0.514 bits per heavy atom. The molecule has 37 heavy (non-hydrogen) atoms. The molecule has 3 saturated heterocycles. The van der Waals surface area contributed by atoms with Gasteiger partial charge in [0.2, 0.25) is 11.6 Å². The molecule has 0 N–H and O–H groups in total. The second-order valence-corrected chi connectivity index (χ2v) is 11.4. The molecule has 0 saturated carbocycles. The van der Waals surface area contributed by atoms with Gasteiger partial charge >= 0.3 is 0 Å². The van der Waals surface area contributed by atoms with Gasteiger partial charge in [0.1, 0.15) is 11.4 Å². The minimum atomic E-state index is -0.446. The van der Waals surface area contributed by atoms with Gasteiger partial charge in [-0.3, -0.25) is 9.59 Å². The fourth-order valence-electron chi connectivity index (χ4n) is 4.45. The summed E-state index contributed by atoms with van der Waals surface area (Å²) in [6.07, 6.45) is 1.52. The van der Waals surface area contributed by atoms with Gasteiger partial charge in [-0.15, -0.1) is 0 Å². The van der Waals surface area contributed by atoms with Crippen molar-refractivity contribution in [3.8, 4) is 0 Å². The summed E-state index contributed by atoms with van der Waals surface area (Å²) < 4.78 is 0. The van der Waals surface area contributed by atoms with Crippen molar-refractivity contribution in [1.82, 2.24) is 14.7 Å². The Kier molecular flexibility index (Phi) is 7.69. The van der Waals surface area contributed by atoms with Crippen molar-refractivity contribution in [3.63, 3.8) is 0 Å². The molecule has 189 valence electrons. The third-order valence-electron chi connectivity index (χ3n) is 6.53. The Morgan fingerprint density at radius 3 is 1.27 bits per heavy atom. The molecule has 3 aromatic carbocycles. The van der Waals surface area contributed by atoms with Gasteiger partial charge in [0.05, 0.1) is 5.70 Å². The molecule has 0 bridgehead atoms. The third kappa shape index (κ3) is 5.77. The van der Waals surface area contributed by atoms with Crippen LogP contribution in [0.15, 0.2) is 114 Å². The second-order valence-electron chi connectivity index (χ2n) is 9.22. The maximum Gasteiger partial charge on any atom is 0.227 e. The molecule has 7 rings (SSSR count). The summed E-state index contributed by atoms with van der Waals surface area (Å²) in [5.74, 6) is 0.0485. The number of rotatable bonds is 6. The quantitative estimate of drug-likeness (QED) is 0.190. The van der Waals surface area contributed by atoms with E-state index in [-0.39, 0.29) is 31.0 Å². The molecule has 3 aliphatic heterocycles. The summed E-state index contributed by atoms with van der Waals surface area (Å²) in [6, 6.07) is 32.3. The van der Waals surface area contributed by atoms with Crippen LogP contribution in [0.25, 0.3) is 0 Å². The molecule has 7 heteroatoms. The summed E-state index contributed by atoms with van der Waals surface area (Å²) in [5, 5.41) is 4.19. The van der Waals surface area contributed by atoms with Crippen molar-refractivity contribution in [2.75, 3.05) is 39.3 Å². The molecule has 0 spiro atoms. The zero-order valence-electron chi connectivity index (χ0n) is 20.4. The number of ketones is 2. The molecule has 4 aliphatic rings. The van der Waals surface area contributed by atoms with E-state index in [2.05, 4.69) is 91.0 Å². The zero-order chi connectivity index (χ0) is 24.5. The van der Waals surface area contributed by atoms with E-state index < -0.39 is 7.92 Å². The Hall–Kier alpha value is -3.07. The Morgan fingerprint density at radius 2 is 0.892 bits per heavy atom. The predicted octanol–water partition coefficient (Wildman–Crippen LogP) is 2.62. The second kappa shape index (κ2) is 11.1. The van der Waals surface area contributed by atoms with E-state index in [4.69, 9.17) is 0 Å². The van der Waals surface area contributed by atoms with Crippen molar-refractivity contribution in [2.45, 2.75) is 0 Å². The van der Waals surface area contributed by atoms with Crippen LogP contribution in [0.3, 0.4) is 0 Å². The minimum Gasteiger partial charge on any atom is -0.365 e. The first-order chi connectivity index (χ1) is 17.7. The number of carbonyl (C=O) groups is 2. The molecule has 1 radical (unpaired) electrons. The van der Waals surface area contributed by atoms with Crippen molar-refractivity contribution in [1.29, 1.82) is 0 Å². The maximum atomic E-state index is 12.4. The normalized spacial score (nSPS) is 17.6. The van der Waals surface area contributed by atoms with Crippen molar-refractivity contribution < 1.29 is 29.1 Å². The summed E-state index contributed by atoms with van der Waals surface area (Å²) in [4.78, 5) is 30.5. The maximum absolute atomic E-state index is 12.4. The molecule has 0 unspecified atom stereocenters. The van der Waals surface area contributed by atoms with E-state index in [1.54, 1.807) is 0 Å². The largest absolute Gasteiger partial charge is 0.365 e. The SMILES string of the molecule is O=C1C=C(N2CC2)C(=O)C(N2CC2)=C1N1CC1.[Rh].c1ccc(P(c2ccccc2)c2ccccc2)cc1. The van der Waals surface area contributed by atoms with E-state index >= 15 is 0 Å². The molecule has 0 atom stereocenters. The number of Topliss-reactive ketones (excluding diaryl/α,β-unsaturated/α-hetero) is 1. The Labute approximate surface area is 232 Å². The number of nitrogens with zero attached hydrogens (tertiary/aromatic N) is 3. The molecule has 0 aromatic heterocycles. The molecule has 3 heterocycles. The molecular weight excluding hydrogens is 568 g/mol. The van der Waals surface area contributed by atoms with Crippen molar-refractivity contribution in [3.05, 3.63) is 114 Å². The summed E-state index contributed by atoms with van der Waals surface area (Å²) >= 11 is 0. The average molecular weight is 596 g/mol. The van der Waals surface area contributed by atoms with Crippen LogP contribution in [0.2, 0.25) is 0 Å². The summed E-state index contributed by atoms with van der Waals surface area (Å²) in [6.45, 7) is 5.41. The smallest absolute Gasteiger partial charge is 0.227 e. The van der Waals surface area contributed by atoms with Crippen molar-refractivity contribution >= 4 is 35.4 Å². The molecule has 0 amide bonds. The standard InChI is InChI=1S/C18H15P.C12H13N3O2.Rh/c1-4-10-16(11-5-1)19(17-12-6-2-7-13-17)18-14-8-3-9-15-18;16-9-7-8(13-1-2-13)12(17)11(15-5-6-15)10(9)14-3-4-14;/h1-15H;7H,1-6H2;. The van der Waals surface area contributed by atoms with E-state index in [1.165, 1.54) is 22.0 Å². The topological polar surface area (TPSA) is 43.2 Å². The van der Waals surface area contributed by atoms with Gasteiger partial charge < -0.3 is 14.7 Å². The van der Waals surface area contributed by atoms with Crippen LogP contribution in [0.1, 0.15) is 0 Å². The van der Waals surface area contributed by atoms with Crippen LogP contribution in [0, 0.1) is 0 Å². The number of hydrogen-bond donors (Lipinski definition) is 0. The van der Waals surface area contributed by atoms with Crippen LogP contribution in [0.4, 0.5) is 0 Å². The first kappa shape index (κ1) is 25.6. The van der Waals surface area contributed by atoms with Gasteiger partial charge in [-0.2, -0.15) is 0 Å². The number of hydrogen-bond acceptors (Lipinski definition) is 5. The predicted molar refractivity (Wildman–Crippen MR) is 145 cm³/mol. The molecule has 3 fully saturated rings. The molecule has 1 aliphatic carbocycles. The Bertz CT molecular complexity index is 1240. The van der Waals surface area contributed by atoms with Crippen LogP contribution in [-0.2, 0) is 29.1 Å². The van der Waals surface area contributed by atoms with Gasteiger partial charge in [-0.05, 0) is 23.8 Å². The fraction of sp³-hybridized carbons (Fsp3) is 0.200. The van der Waals surface area contributed by atoms with Crippen LogP contribution >= 0.6 is 7.92 Å². The Balaban J connectivity index is 0.000000148. The van der Waals surface area contributed by atoms with Gasteiger partial charge in [0.25, 0.3) is 0 Å². The van der Waals surface area contributed by atoms with Gasteiger partial charge in [-0.25, -0.2) is 0 Å². The van der Waals surface area contributed by atoms with Crippen molar-refractivity contribution in [2.24, 2.45) is 0 Å². The first-order valence-electron chi connectivity index (χ1n) is 12.5.